The molecule has 0 unspecified atom stereocenters. The molecule has 2 rings (SSSR count). The molecule has 2 nitrogen and oxygen atoms in total. The normalized spacial score (nSPS) is 11.5. The Bertz CT molecular complexity index is 627. The van der Waals surface area contributed by atoms with Gasteiger partial charge in [-0.25, -0.2) is 8.78 Å². The minimum absolute atomic E-state index is 0.104. The van der Waals surface area contributed by atoms with Gasteiger partial charge in [0.15, 0.2) is 5.82 Å². The monoisotopic (exact) mass is 280 g/mol. The number of halogens is 3. The van der Waals surface area contributed by atoms with E-state index in [1.54, 1.807) is 13.0 Å². The Morgan fingerprint density at radius 1 is 1.16 bits per heavy atom. The number of nitrogens with zero attached hydrogens (tertiary/aromatic N) is 1. The summed E-state index contributed by atoms with van der Waals surface area (Å²) in [5.74, 6) is -1.33. The number of hydrogen-bond donors (Lipinski definition) is 1. The summed E-state index contributed by atoms with van der Waals surface area (Å²) in [6, 6.07) is 10.4. The van der Waals surface area contributed by atoms with Crippen molar-refractivity contribution in [3.8, 4) is 0 Å². The smallest absolute Gasteiger partial charge is 0.151 e. The van der Waals surface area contributed by atoms with E-state index in [1.807, 2.05) is 18.2 Å². The molecular formula is C14H11ClF2N2. The third-order valence-corrected chi connectivity index (χ3v) is 2.87. The predicted molar refractivity (Wildman–Crippen MR) is 73.6 cm³/mol. The van der Waals surface area contributed by atoms with E-state index < -0.39 is 11.6 Å². The van der Waals surface area contributed by atoms with Gasteiger partial charge in [0.05, 0.1) is 11.4 Å². The molecule has 98 valence electrons. The maximum Gasteiger partial charge on any atom is 0.151 e. The lowest BCUT2D eigenvalue weighted by atomic mass is 10.1. The zero-order valence-corrected chi connectivity index (χ0v) is 10.9. The molecule has 0 amide bonds. The van der Waals surface area contributed by atoms with Crippen LogP contribution in [0.15, 0.2) is 47.6 Å². The van der Waals surface area contributed by atoms with Crippen LogP contribution in [0.5, 0.6) is 0 Å². The van der Waals surface area contributed by atoms with Crippen molar-refractivity contribution in [3.05, 3.63) is 64.7 Å². The van der Waals surface area contributed by atoms with Crippen LogP contribution in [-0.4, -0.2) is 5.71 Å². The SMILES string of the molecule is CC(=NNc1ccc(F)cc1F)c1ccccc1Cl. The van der Waals surface area contributed by atoms with Crippen LogP contribution in [0, 0.1) is 11.6 Å². The Balaban J connectivity index is 2.21. The van der Waals surface area contributed by atoms with Gasteiger partial charge in [0.2, 0.25) is 0 Å². The molecule has 19 heavy (non-hydrogen) atoms. The van der Waals surface area contributed by atoms with E-state index >= 15 is 0 Å². The van der Waals surface area contributed by atoms with E-state index in [1.165, 1.54) is 6.07 Å². The molecule has 0 aliphatic rings. The van der Waals surface area contributed by atoms with Crippen molar-refractivity contribution in [1.82, 2.24) is 0 Å². The van der Waals surface area contributed by atoms with E-state index in [-0.39, 0.29) is 5.69 Å². The quantitative estimate of drug-likeness (QED) is 0.652. The molecule has 2 aromatic rings. The summed E-state index contributed by atoms with van der Waals surface area (Å²) in [5.41, 5.74) is 4.01. The zero-order valence-electron chi connectivity index (χ0n) is 10.1. The molecule has 0 aliphatic carbocycles. The summed E-state index contributed by atoms with van der Waals surface area (Å²) < 4.78 is 26.1. The second kappa shape index (κ2) is 5.80. The molecule has 0 aliphatic heterocycles. The van der Waals surface area contributed by atoms with Crippen molar-refractivity contribution in [2.75, 3.05) is 5.43 Å². The average Bonchev–Trinajstić information content (AvgIpc) is 2.38. The second-order valence-electron chi connectivity index (χ2n) is 3.91. The summed E-state index contributed by atoms with van der Waals surface area (Å²) in [5, 5.41) is 4.60. The molecule has 1 N–H and O–H groups in total. The molecule has 0 radical (unpaired) electrons. The fourth-order valence-electron chi connectivity index (χ4n) is 1.54. The number of rotatable bonds is 3. The number of nitrogens with one attached hydrogen (secondary N) is 1. The maximum absolute atomic E-state index is 13.4. The van der Waals surface area contributed by atoms with Gasteiger partial charge >= 0.3 is 0 Å². The highest BCUT2D eigenvalue weighted by atomic mass is 35.5. The Morgan fingerprint density at radius 2 is 1.89 bits per heavy atom. The highest BCUT2D eigenvalue weighted by Crippen LogP contribution is 2.18. The third kappa shape index (κ3) is 3.29. The minimum Gasteiger partial charge on any atom is -0.275 e. The second-order valence-corrected chi connectivity index (χ2v) is 4.32. The van der Waals surface area contributed by atoms with Crippen molar-refractivity contribution < 1.29 is 8.78 Å². The minimum atomic E-state index is -0.698. The lowest BCUT2D eigenvalue weighted by Gasteiger charge is -2.06. The van der Waals surface area contributed by atoms with E-state index in [4.69, 9.17) is 11.6 Å². The summed E-state index contributed by atoms with van der Waals surface area (Å²) in [4.78, 5) is 0. The first-order valence-corrected chi connectivity index (χ1v) is 5.96. The van der Waals surface area contributed by atoms with Crippen molar-refractivity contribution >= 4 is 23.0 Å². The zero-order chi connectivity index (χ0) is 13.8. The van der Waals surface area contributed by atoms with Crippen LogP contribution >= 0.6 is 11.6 Å². The third-order valence-electron chi connectivity index (χ3n) is 2.54. The van der Waals surface area contributed by atoms with Crippen LogP contribution < -0.4 is 5.43 Å². The van der Waals surface area contributed by atoms with Crippen LogP contribution in [0.4, 0.5) is 14.5 Å². The molecule has 5 heteroatoms. The van der Waals surface area contributed by atoms with Gasteiger partial charge in [-0.2, -0.15) is 5.10 Å². The first-order valence-electron chi connectivity index (χ1n) is 5.58. The predicted octanol–water partition coefficient (Wildman–Crippen LogP) is 4.45. The first-order chi connectivity index (χ1) is 9.08. The molecular weight excluding hydrogens is 270 g/mol. The van der Waals surface area contributed by atoms with Crippen molar-refractivity contribution in [2.45, 2.75) is 6.92 Å². The van der Waals surface area contributed by atoms with Crippen molar-refractivity contribution in [3.63, 3.8) is 0 Å². The Morgan fingerprint density at radius 3 is 2.58 bits per heavy atom. The average molecular weight is 281 g/mol. The van der Waals surface area contributed by atoms with E-state index in [2.05, 4.69) is 10.5 Å². The van der Waals surface area contributed by atoms with Gasteiger partial charge in [0.1, 0.15) is 5.82 Å². The fourth-order valence-corrected chi connectivity index (χ4v) is 1.81. The Hall–Kier alpha value is -1.94. The van der Waals surface area contributed by atoms with Gasteiger partial charge in [-0.3, -0.25) is 5.43 Å². The highest BCUT2D eigenvalue weighted by Gasteiger charge is 2.05. The van der Waals surface area contributed by atoms with Gasteiger partial charge in [0.25, 0.3) is 0 Å². The molecule has 0 atom stereocenters. The number of hydrazone groups is 1. The molecule has 0 fully saturated rings. The van der Waals surface area contributed by atoms with Crippen molar-refractivity contribution in [1.29, 1.82) is 0 Å². The molecule has 0 aromatic heterocycles. The number of anilines is 1. The van der Waals surface area contributed by atoms with Crippen LogP contribution in [0.25, 0.3) is 0 Å². The standard InChI is InChI=1S/C14H11ClF2N2/c1-9(11-4-2-3-5-12(11)15)18-19-14-7-6-10(16)8-13(14)17/h2-8,19H,1H3. The molecule has 0 saturated carbocycles. The van der Waals surface area contributed by atoms with Gasteiger partial charge in [0, 0.05) is 16.7 Å². The number of benzene rings is 2. The number of hydrogen-bond acceptors (Lipinski definition) is 2. The van der Waals surface area contributed by atoms with Crippen LogP contribution in [0.1, 0.15) is 12.5 Å². The molecule has 0 spiro atoms. The molecule has 0 bridgehead atoms. The van der Waals surface area contributed by atoms with Crippen molar-refractivity contribution in [2.24, 2.45) is 5.10 Å². The lowest BCUT2D eigenvalue weighted by molar-refractivity contribution is 0.585. The Labute approximate surface area is 114 Å². The van der Waals surface area contributed by atoms with E-state index in [0.717, 1.165) is 17.7 Å². The topological polar surface area (TPSA) is 24.4 Å². The van der Waals surface area contributed by atoms with Gasteiger partial charge in [-0.15, -0.1) is 0 Å². The maximum atomic E-state index is 13.4. The van der Waals surface area contributed by atoms with Gasteiger partial charge in [-0.05, 0) is 25.1 Å². The largest absolute Gasteiger partial charge is 0.275 e. The van der Waals surface area contributed by atoms with Crippen LogP contribution in [0.3, 0.4) is 0 Å². The summed E-state index contributed by atoms with van der Waals surface area (Å²) in [6.45, 7) is 1.75. The first kappa shape index (κ1) is 13.5. The lowest BCUT2D eigenvalue weighted by Crippen LogP contribution is -2.01. The fraction of sp³-hybridized carbons (Fsp3) is 0.0714. The molecule has 2 aromatic carbocycles. The molecule has 0 heterocycles. The van der Waals surface area contributed by atoms with Gasteiger partial charge < -0.3 is 0 Å². The summed E-state index contributed by atoms with van der Waals surface area (Å²) >= 11 is 6.02. The van der Waals surface area contributed by atoms with E-state index in [9.17, 15) is 8.78 Å². The summed E-state index contributed by atoms with van der Waals surface area (Å²) in [6.07, 6.45) is 0. The van der Waals surface area contributed by atoms with E-state index in [0.29, 0.717) is 10.7 Å². The van der Waals surface area contributed by atoms with Crippen LogP contribution in [-0.2, 0) is 0 Å². The Kier molecular flexibility index (Phi) is 4.12. The molecule has 0 saturated heterocycles. The van der Waals surface area contributed by atoms with Gasteiger partial charge in [-0.1, -0.05) is 29.8 Å². The highest BCUT2D eigenvalue weighted by molar-refractivity contribution is 6.34. The summed E-state index contributed by atoms with van der Waals surface area (Å²) in [7, 11) is 0. The van der Waals surface area contributed by atoms with Crippen LogP contribution in [0.2, 0.25) is 5.02 Å².